The van der Waals surface area contributed by atoms with Crippen molar-refractivity contribution in [2.75, 3.05) is 13.2 Å². The summed E-state index contributed by atoms with van der Waals surface area (Å²) in [4.78, 5) is 38.2. The molecule has 6 nitrogen and oxygen atoms in total. The summed E-state index contributed by atoms with van der Waals surface area (Å²) >= 11 is 0. The molecule has 0 aromatic rings. The first kappa shape index (κ1) is 74.5. The molecule has 0 spiro atoms. The topological polar surface area (TPSA) is 78.9 Å². The largest absolute Gasteiger partial charge is 0.462 e. The maximum absolute atomic E-state index is 12.9. The molecule has 1 unspecified atom stereocenters. The molecule has 0 fully saturated rings. The molecule has 0 saturated heterocycles. The van der Waals surface area contributed by atoms with Gasteiger partial charge in [0, 0.05) is 12.8 Å². The monoisotopic (exact) mass is 1100 g/mol. The van der Waals surface area contributed by atoms with Crippen molar-refractivity contribution in [3.63, 3.8) is 0 Å². The van der Waals surface area contributed by atoms with E-state index in [1.54, 1.807) is 6.08 Å². The van der Waals surface area contributed by atoms with Crippen LogP contribution in [0.1, 0.15) is 245 Å². The molecule has 0 amide bonds. The zero-order valence-electron chi connectivity index (χ0n) is 51.0. The molecule has 0 N–H and O–H groups in total. The highest BCUT2D eigenvalue weighted by Crippen LogP contribution is 2.13. The highest BCUT2D eigenvalue weighted by Gasteiger charge is 2.19. The van der Waals surface area contributed by atoms with Crippen LogP contribution in [0.3, 0.4) is 0 Å². The van der Waals surface area contributed by atoms with Crippen LogP contribution in [0.2, 0.25) is 0 Å². The maximum atomic E-state index is 12.9. The minimum atomic E-state index is -0.855. The average Bonchev–Trinajstić information content (AvgIpc) is 3.46. The summed E-state index contributed by atoms with van der Waals surface area (Å²) in [5.41, 5.74) is 0. The summed E-state index contributed by atoms with van der Waals surface area (Å²) in [6.07, 6.45) is 99.3. The second kappa shape index (κ2) is 66.0. The molecule has 0 radical (unpaired) electrons. The van der Waals surface area contributed by atoms with Gasteiger partial charge in [0.15, 0.2) is 6.10 Å². The van der Waals surface area contributed by atoms with E-state index in [2.05, 4.69) is 191 Å². The summed E-state index contributed by atoms with van der Waals surface area (Å²) < 4.78 is 16.7. The van der Waals surface area contributed by atoms with Crippen molar-refractivity contribution < 1.29 is 28.6 Å². The summed E-state index contributed by atoms with van der Waals surface area (Å²) in [5, 5.41) is 0. The van der Waals surface area contributed by atoms with Crippen LogP contribution in [0.15, 0.2) is 182 Å². The van der Waals surface area contributed by atoms with Gasteiger partial charge in [0.1, 0.15) is 13.2 Å². The van der Waals surface area contributed by atoms with E-state index in [-0.39, 0.29) is 44.4 Å². The molecule has 0 saturated carbocycles. The van der Waals surface area contributed by atoms with Gasteiger partial charge in [0.2, 0.25) is 0 Å². The van der Waals surface area contributed by atoms with E-state index in [0.29, 0.717) is 6.42 Å². The van der Waals surface area contributed by atoms with Crippen molar-refractivity contribution in [1.29, 1.82) is 0 Å². The zero-order valence-corrected chi connectivity index (χ0v) is 51.0. The van der Waals surface area contributed by atoms with Gasteiger partial charge in [-0.15, -0.1) is 0 Å². The molecular formula is C74H114O6. The normalized spacial score (nSPS) is 13.4. The Bertz CT molecular complexity index is 1890. The fraction of sp³-hybridized carbons (Fsp3) is 0.554. The molecule has 446 valence electrons. The number of rotatable bonds is 55. The molecule has 1 atom stereocenters. The van der Waals surface area contributed by atoms with E-state index >= 15 is 0 Å². The zero-order chi connectivity index (χ0) is 57.8. The first-order valence-corrected chi connectivity index (χ1v) is 31.8. The highest BCUT2D eigenvalue weighted by molar-refractivity contribution is 5.72. The van der Waals surface area contributed by atoms with Gasteiger partial charge in [-0.3, -0.25) is 14.4 Å². The Morgan fingerprint density at radius 2 is 0.550 bits per heavy atom. The Morgan fingerprint density at radius 1 is 0.275 bits per heavy atom. The smallest absolute Gasteiger partial charge is 0.309 e. The number of hydrogen-bond acceptors (Lipinski definition) is 6. The molecule has 0 bridgehead atoms. The van der Waals surface area contributed by atoms with Crippen molar-refractivity contribution in [1.82, 2.24) is 0 Å². The number of carbonyl (C=O) groups is 3. The van der Waals surface area contributed by atoms with Crippen molar-refractivity contribution in [3.8, 4) is 0 Å². The van der Waals surface area contributed by atoms with Gasteiger partial charge >= 0.3 is 17.9 Å². The highest BCUT2D eigenvalue weighted by atomic mass is 16.6. The lowest BCUT2D eigenvalue weighted by Crippen LogP contribution is -2.30. The van der Waals surface area contributed by atoms with E-state index < -0.39 is 12.1 Å². The fourth-order valence-corrected chi connectivity index (χ4v) is 7.98. The Hall–Kier alpha value is -5.49. The first-order valence-electron chi connectivity index (χ1n) is 31.8. The van der Waals surface area contributed by atoms with Gasteiger partial charge in [0.05, 0.1) is 6.42 Å². The number of allylic oxidation sites excluding steroid dienone is 29. The van der Waals surface area contributed by atoms with E-state index in [9.17, 15) is 14.4 Å². The molecule has 0 aliphatic heterocycles. The third kappa shape index (κ3) is 63.3. The summed E-state index contributed by atoms with van der Waals surface area (Å²) in [6, 6.07) is 0. The molecule has 0 aromatic heterocycles. The minimum Gasteiger partial charge on any atom is -0.462 e. The molecule has 80 heavy (non-hydrogen) atoms. The predicted molar refractivity (Wildman–Crippen MR) is 348 cm³/mol. The van der Waals surface area contributed by atoms with Crippen LogP contribution in [0.5, 0.6) is 0 Å². The second-order valence-corrected chi connectivity index (χ2v) is 20.2. The van der Waals surface area contributed by atoms with Crippen molar-refractivity contribution >= 4 is 17.9 Å². The van der Waals surface area contributed by atoms with Crippen LogP contribution in [-0.4, -0.2) is 37.2 Å². The Morgan fingerprint density at radius 3 is 0.925 bits per heavy atom. The van der Waals surface area contributed by atoms with Crippen LogP contribution in [0.25, 0.3) is 0 Å². The number of esters is 3. The van der Waals surface area contributed by atoms with Gasteiger partial charge < -0.3 is 14.2 Å². The molecular weight excluding hydrogens is 985 g/mol. The van der Waals surface area contributed by atoms with Crippen LogP contribution in [-0.2, 0) is 28.6 Å². The van der Waals surface area contributed by atoms with Crippen molar-refractivity contribution in [2.45, 2.75) is 252 Å². The van der Waals surface area contributed by atoms with Crippen molar-refractivity contribution in [3.05, 3.63) is 182 Å². The Kier molecular flexibility index (Phi) is 61.5. The molecule has 6 heteroatoms. The van der Waals surface area contributed by atoms with Crippen LogP contribution in [0.4, 0.5) is 0 Å². The number of hydrogen-bond donors (Lipinski definition) is 0. The van der Waals surface area contributed by atoms with Crippen LogP contribution < -0.4 is 0 Å². The lowest BCUT2D eigenvalue weighted by atomic mass is 10.1. The molecule has 0 aromatic carbocycles. The quantitative estimate of drug-likeness (QED) is 0.0261. The van der Waals surface area contributed by atoms with E-state index in [1.165, 1.54) is 83.5 Å². The van der Waals surface area contributed by atoms with Crippen LogP contribution in [0, 0.1) is 0 Å². The minimum absolute atomic E-state index is 0.107. The SMILES string of the molecule is CC/C=C\C/C=C\C/C=C\C/C=C\C/C=C\C/C=C\C/C=C\C/C=C\C/C=C\CCCC(=O)OCC(COC(=O)C/C=C\C/C=C\C/C=C\C/C=C\C/C=C\CC)OC(=O)CCCCCCCCC/C=C\CCCCCCCCC. The second-order valence-electron chi connectivity index (χ2n) is 20.2. The average molecular weight is 1100 g/mol. The number of carbonyl (C=O) groups excluding carboxylic acids is 3. The maximum Gasteiger partial charge on any atom is 0.309 e. The van der Waals surface area contributed by atoms with Crippen LogP contribution >= 0.6 is 0 Å². The Labute approximate surface area is 491 Å². The Balaban J connectivity index is 4.56. The fourth-order valence-electron chi connectivity index (χ4n) is 7.98. The third-order valence-corrected chi connectivity index (χ3v) is 12.7. The molecule has 0 heterocycles. The third-order valence-electron chi connectivity index (χ3n) is 12.7. The van der Waals surface area contributed by atoms with E-state index in [4.69, 9.17) is 14.2 Å². The van der Waals surface area contributed by atoms with E-state index in [0.717, 1.165) is 116 Å². The van der Waals surface area contributed by atoms with Gasteiger partial charge in [-0.25, -0.2) is 0 Å². The number of ether oxygens (including phenoxy) is 3. The van der Waals surface area contributed by atoms with Gasteiger partial charge in [-0.1, -0.05) is 274 Å². The van der Waals surface area contributed by atoms with Crippen molar-refractivity contribution in [2.24, 2.45) is 0 Å². The lowest BCUT2D eigenvalue weighted by Gasteiger charge is -2.18. The van der Waals surface area contributed by atoms with Gasteiger partial charge in [-0.05, 0) is 135 Å². The molecule has 0 aliphatic rings. The predicted octanol–water partition coefficient (Wildman–Crippen LogP) is 22.0. The van der Waals surface area contributed by atoms with Gasteiger partial charge in [-0.2, -0.15) is 0 Å². The summed E-state index contributed by atoms with van der Waals surface area (Å²) in [6.45, 7) is 6.26. The first-order chi connectivity index (χ1) is 39.5. The standard InChI is InChI=1S/C74H114O6/c1-4-7-10-13-16-19-22-25-28-30-32-33-34-35-36-37-38-39-40-41-42-44-46-49-52-55-58-61-64-67-73(76)79-70-71(69-78-72(75)66-63-60-57-54-51-48-45-27-24-21-18-15-12-9-6-3)80-74(77)68-65-62-59-56-53-50-47-43-31-29-26-23-20-17-14-11-8-5-2/h7,9-10,12,16,18-19,21,25,27-29,31-33,35-36,38-39,41-42,45-46,49,51,54-55,58,60,63,71H,4-6,8,11,13-15,17,20,22-24,26,30,34,37,40,43-44,47-48,50,52-53,56-57,59,61-62,64-70H2,1-3H3/b10-7-,12-9-,19-16-,21-18-,28-25-,31-29-,33-32-,36-35-,39-38-,42-41-,45-27-,49-46-,54-51-,58-55-,63-60-. The number of unbranched alkanes of at least 4 members (excludes halogenated alkanes) is 15. The van der Waals surface area contributed by atoms with E-state index in [1.807, 2.05) is 6.08 Å². The summed E-state index contributed by atoms with van der Waals surface area (Å²) in [5.74, 6) is -1.15. The lowest BCUT2D eigenvalue weighted by molar-refractivity contribution is -0.166. The molecule has 0 aliphatic carbocycles. The van der Waals surface area contributed by atoms with Gasteiger partial charge in [0.25, 0.3) is 0 Å². The summed E-state index contributed by atoms with van der Waals surface area (Å²) in [7, 11) is 0. The molecule has 0 rings (SSSR count).